The Balaban J connectivity index is 1.53. The van der Waals surface area contributed by atoms with Crippen molar-refractivity contribution in [2.75, 3.05) is 0 Å². The molecule has 5 heteroatoms. The second kappa shape index (κ2) is 5.60. The summed E-state index contributed by atoms with van der Waals surface area (Å²) in [5.74, 6) is 0.729. The lowest BCUT2D eigenvalue weighted by molar-refractivity contribution is 0.0556. The monoisotopic (exact) mass is 295 g/mol. The summed E-state index contributed by atoms with van der Waals surface area (Å²) in [6.45, 7) is 7.83. The summed E-state index contributed by atoms with van der Waals surface area (Å²) < 4.78 is 6.08. The molecule has 0 aromatic carbocycles. The standard InChI is InChI=1S/C15H25N3OS/c1-10-6-12(8-15(2,3)7-10)19-14-18-17-13(20-14)9-16-11-4-5-11/h10-12,16H,4-9H2,1-3H3. The molecule has 0 aliphatic heterocycles. The second-order valence-corrected chi connectivity index (χ2v) is 8.29. The molecule has 3 rings (SSSR count). The van der Waals surface area contributed by atoms with Crippen molar-refractivity contribution in [3.05, 3.63) is 5.01 Å². The molecule has 1 aromatic heterocycles. The fourth-order valence-corrected chi connectivity index (χ4v) is 4.07. The van der Waals surface area contributed by atoms with Crippen LogP contribution in [0.3, 0.4) is 0 Å². The van der Waals surface area contributed by atoms with Gasteiger partial charge in [0.15, 0.2) is 0 Å². The number of aromatic nitrogens is 2. The SMILES string of the molecule is CC1CC(Oc2nnc(CNC3CC3)s2)CC(C)(C)C1. The van der Waals surface area contributed by atoms with Crippen LogP contribution in [0, 0.1) is 11.3 Å². The zero-order chi connectivity index (χ0) is 14.2. The Kier molecular flexibility index (Phi) is 4.00. The summed E-state index contributed by atoms with van der Waals surface area (Å²) in [4.78, 5) is 0. The second-order valence-electron chi connectivity index (χ2n) is 7.27. The van der Waals surface area contributed by atoms with E-state index in [0.29, 0.717) is 17.6 Å². The molecule has 0 spiro atoms. The van der Waals surface area contributed by atoms with Gasteiger partial charge in [-0.25, -0.2) is 0 Å². The van der Waals surface area contributed by atoms with Gasteiger partial charge in [0.25, 0.3) is 5.19 Å². The lowest BCUT2D eigenvalue weighted by atomic mass is 9.71. The van der Waals surface area contributed by atoms with Gasteiger partial charge in [-0.15, -0.1) is 5.10 Å². The van der Waals surface area contributed by atoms with Crippen LogP contribution in [-0.4, -0.2) is 22.3 Å². The third-order valence-corrected chi connectivity index (χ3v) is 5.00. The number of hydrogen-bond acceptors (Lipinski definition) is 5. The molecular formula is C15H25N3OS. The van der Waals surface area contributed by atoms with Crippen molar-refractivity contribution < 1.29 is 4.74 Å². The smallest absolute Gasteiger partial charge is 0.294 e. The van der Waals surface area contributed by atoms with E-state index in [4.69, 9.17) is 4.74 Å². The van der Waals surface area contributed by atoms with E-state index in [0.717, 1.165) is 35.5 Å². The minimum atomic E-state index is 0.297. The van der Waals surface area contributed by atoms with E-state index in [1.54, 1.807) is 11.3 Å². The van der Waals surface area contributed by atoms with Crippen LogP contribution < -0.4 is 10.1 Å². The average molecular weight is 295 g/mol. The van der Waals surface area contributed by atoms with Crippen molar-refractivity contribution in [1.82, 2.24) is 15.5 Å². The van der Waals surface area contributed by atoms with E-state index < -0.39 is 0 Å². The average Bonchev–Trinajstić information content (AvgIpc) is 3.05. The lowest BCUT2D eigenvalue weighted by Gasteiger charge is -2.38. The van der Waals surface area contributed by atoms with Gasteiger partial charge in [0.05, 0.1) is 6.54 Å². The molecular weight excluding hydrogens is 270 g/mol. The van der Waals surface area contributed by atoms with Crippen molar-refractivity contribution in [3.8, 4) is 5.19 Å². The fourth-order valence-electron chi connectivity index (χ4n) is 3.37. The normalized spacial score (nSPS) is 29.4. The number of rotatable bonds is 5. The van der Waals surface area contributed by atoms with Crippen molar-refractivity contribution in [1.29, 1.82) is 0 Å². The van der Waals surface area contributed by atoms with E-state index >= 15 is 0 Å². The van der Waals surface area contributed by atoms with E-state index in [9.17, 15) is 0 Å². The minimum Gasteiger partial charge on any atom is -0.466 e. The third kappa shape index (κ3) is 3.92. The van der Waals surface area contributed by atoms with Crippen LogP contribution in [0.1, 0.15) is 57.9 Å². The molecule has 2 aliphatic carbocycles. The highest BCUT2D eigenvalue weighted by Crippen LogP contribution is 2.40. The summed E-state index contributed by atoms with van der Waals surface area (Å²) in [7, 11) is 0. The fraction of sp³-hybridized carbons (Fsp3) is 0.867. The number of hydrogen-bond donors (Lipinski definition) is 1. The van der Waals surface area contributed by atoms with E-state index in [1.165, 1.54) is 19.3 Å². The van der Waals surface area contributed by atoms with Crippen molar-refractivity contribution in [3.63, 3.8) is 0 Å². The van der Waals surface area contributed by atoms with Crippen LogP contribution in [0.25, 0.3) is 0 Å². The zero-order valence-corrected chi connectivity index (χ0v) is 13.5. The quantitative estimate of drug-likeness (QED) is 0.904. The first-order chi connectivity index (χ1) is 9.50. The summed E-state index contributed by atoms with van der Waals surface area (Å²) in [5.41, 5.74) is 0.378. The molecule has 20 heavy (non-hydrogen) atoms. The summed E-state index contributed by atoms with van der Waals surface area (Å²) in [6, 6.07) is 0.711. The molecule has 112 valence electrons. The maximum absolute atomic E-state index is 6.08. The molecule has 1 aromatic rings. The molecule has 0 radical (unpaired) electrons. The predicted molar refractivity (Wildman–Crippen MR) is 81.0 cm³/mol. The maximum atomic E-state index is 6.08. The highest BCUT2D eigenvalue weighted by molar-refractivity contribution is 7.13. The largest absolute Gasteiger partial charge is 0.466 e. The number of nitrogens with one attached hydrogen (secondary N) is 1. The van der Waals surface area contributed by atoms with Gasteiger partial charge in [-0.2, -0.15) is 0 Å². The molecule has 0 saturated heterocycles. The molecule has 2 atom stereocenters. The van der Waals surface area contributed by atoms with Crippen LogP contribution in [0.5, 0.6) is 5.19 Å². The molecule has 1 heterocycles. The van der Waals surface area contributed by atoms with Crippen LogP contribution in [-0.2, 0) is 6.54 Å². The van der Waals surface area contributed by atoms with Gasteiger partial charge >= 0.3 is 0 Å². The molecule has 4 nitrogen and oxygen atoms in total. The molecule has 2 unspecified atom stereocenters. The molecule has 2 aliphatic rings. The van der Waals surface area contributed by atoms with Crippen molar-refractivity contribution in [2.45, 2.75) is 71.6 Å². The number of nitrogens with zero attached hydrogens (tertiary/aromatic N) is 2. The van der Waals surface area contributed by atoms with Gasteiger partial charge < -0.3 is 10.1 Å². The van der Waals surface area contributed by atoms with Gasteiger partial charge in [0, 0.05) is 6.04 Å². The van der Waals surface area contributed by atoms with Gasteiger partial charge in [0.1, 0.15) is 11.1 Å². The van der Waals surface area contributed by atoms with Crippen molar-refractivity contribution in [2.24, 2.45) is 11.3 Å². The predicted octanol–water partition coefficient (Wildman–Crippen LogP) is 3.38. The maximum Gasteiger partial charge on any atom is 0.294 e. The van der Waals surface area contributed by atoms with Gasteiger partial charge in [-0.05, 0) is 43.4 Å². The van der Waals surface area contributed by atoms with Crippen LogP contribution >= 0.6 is 11.3 Å². The Morgan fingerprint density at radius 2 is 2.10 bits per heavy atom. The Bertz CT molecular complexity index is 456. The van der Waals surface area contributed by atoms with Gasteiger partial charge in [-0.3, -0.25) is 0 Å². The van der Waals surface area contributed by atoms with Crippen LogP contribution in [0.15, 0.2) is 0 Å². The molecule has 0 amide bonds. The summed E-state index contributed by atoms with van der Waals surface area (Å²) in [5, 5.41) is 13.6. The first-order valence-electron chi connectivity index (χ1n) is 7.73. The zero-order valence-electron chi connectivity index (χ0n) is 12.7. The molecule has 1 N–H and O–H groups in total. The minimum absolute atomic E-state index is 0.297. The first kappa shape index (κ1) is 14.3. The molecule has 0 bridgehead atoms. The highest BCUT2D eigenvalue weighted by Gasteiger charge is 2.33. The Hall–Kier alpha value is -0.680. The van der Waals surface area contributed by atoms with E-state index in [1.807, 2.05) is 0 Å². The van der Waals surface area contributed by atoms with E-state index in [-0.39, 0.29) is 0 Å². The highest BCUT2D eigenvalue weighted by atomic mass is 32.1. The van der Waals surface area contributed by atoms with E-state index in [2.05, 4.69) is 36.3 Å². The first-order valence-corrected chi connectivity index (χ1v) is 8.54. The number of ether oxygens (including phenoxy) is 1. The van der Waals surface area contributed by atoms with Gasteiger partial charge in [-0.1, -0.05) is 37.2 Å². The van der Waals surface area contributed by atoms with Crippen molar-refractivity contribution >= 4 is 11.3 Å². The third-order valence-electron chi connectivity index (χ3n) is 4.18. The Morgan fingerprint density at radius 1 is 1.30 bits per heavy atom. The lowest BCUT2D eigenvalue weighted by Crippen LogP contribution is -2.34. The topological polar surface area (TPSA) is 47.0 Å². The van der Waals surface area contributed by atoms with Gasteiger partial charge in [0.2, 0.25) is 0 Å². The Morgan fingerprint density at radius 3 is 2.80 bits per heavy atom. The van der Waals surface area contributed by atoms with Crippen LogP contribution in [0.4, 0.5) is 0 Å². The Labute approximate surface area is 125 Å². The summed E-state index contributed by atoms with van der Waals surface area (Å²) in [6.07, 6.45) is 6.45. The molecule has 2 saturated carbocycles. The molecule has 2 fully saturated rings. The van der Waals surface area contributed by atoms with Crippen LogP contribution in [0.2, 0.25) is 0 Å². The summed E-state index contributed by atoms with van der Waals surface area (Å²) >= 11 is 1.59.